The highest BCUT2D eigenvalue weighted by molar-refractivity contribution is 6.13. The summed E-state index contributed by atoms with van der Waals surface area (Å²) in [5.74, 6) is 0.659. The van der Waals surface area contributed by atoms with Gasteiger partial charge in [0.15, 0.2) is 11.5 Å². The maximum Gasteiger partial charge on any atom is 0.331 e. The molecule has 1 saturated heterocycles. The summed E-state index contributed by atoms with van der Waals surface area (Å²) in [4.78, 5) is 62.3. The van der Waals surface area contributed by atoms with E-state index in [2.05, 4.69) is 30.6 Å². The van der Waals surface area contributed by atoms with Crippen molar-refractivity contribution in [1.29, 1.82) is 0 Å². The van der Waals surface area contributed by atoms with E-state index in [4.69, 9.17) is 4.98 Å². The van der Waals surface area contributed by atoms with Crippen molar-refractivity contribution in [2.75, 3.05) is 29.1 Å². The second-order valence-corrected chi connectivity index (χ2v) is 11.3. The number of imidazole rings is 1. The van der Waals surface area contributed by atoms with Gasteiger partial charge in [0.2, 0.25) is 11.8 Å². The van der Waals surface area contributed by atoms with Crippen molar-refractivity contribution in [3.63, 3.8) is 0 Å². The van der Waals surface area contributed by atoms with Gasteiger partial charge in [-0.2, -0.15) is 0 Å². The number of amides is 4. The molecule has 4 aromatic rings. The number of nitrogens with zero attached hydrogens (tertiary/aromatic N) is 8. The number of hydrogen-bond acceptors (Lipinski definition) is 9. The van der Waals surface area contributed by atoms with Crippen molar-refractivity contribution >= 4 is 40.8 Å². The number of anilines is 3. The summed E-state index contributed by atoms with van der Waals surface area (Å²) in [7, 11) is 1.47. The first-order valence-corrected chi connectivity index (χ1v) is 14.1. The highest BCUT2D eigenvalue weighted by Crippen LogP contribution is 2.46. The first kappa shape index (κ1) is 26.9. The molecule has 13 nitrogen and oxygen atoms in total. The highest BCUT2D eigenvalue weighted by Gasteiger charge is 2.46. The van der Waals surface area contributed by atoms with Crippen molar-refractivity contribution in [1.82, 2.24) is 34.2 Å². The summed E-state index contributed by atoms with van der Waals surface area (Å²) in [5, 5.41) is 5.93. The number of likely N-dealkylation sites (N-methyl/N-ethyl adjacent to an activating group) is 1. The lowest BCUT2D eigenvalue weighted by atomic mass is 10.1. The van der Waals surface area contributed by atoms with Crippen LogP contribution in [0.1, 0.15) is 59.7 Å². The fourth-order valence-corrected chi connectivity index (χ4v) is 5.39. The van der Waals surface area contributed by atoms with Gasteiger partial charge in [0.1, 0.15) is 30.7 Å². The van der Waals surface area contributed by atoms with E-state index in [0.29, 0.717) is 41.0 Å². The molecule has 2 N–H and O–H groups in total. The predicted octanol–water partition coefficient (Wildman–Crippen LogP) is 3.32. The lowest BCUT2D eigenvalue weighted by Crippen LogP contribution is -2.30. The quantitative estimate of drug-likeness (QED) is 0.282. The van der Waals surface area contributed by atoms with Gasteiger partial charge in [-0.05, 0) is 49.8 Å². The fourth-order valence-electron chi connectivity index (χ4n) is 5.39. The Bertz CT molecular complexity index is 1790. The lowest BCUT2D eigenvalue weighted by Gasteiger charge is -2.17. The molecule has 3 fully saturated rings. The zero-order chi connectivity index (χ0) is 29.8. The van der Waals surface area contributed by atoms with Crippen LogP contribution in [0.3, 0.4) is 0 Å². The molecule has 43 heavy (non-hydrogen) atoms. The summed E-state index contributed by atoms with van der Waals surface area (Å²) >= 11 is 0. The molecule has 2 unspecified atom stereocenters. The summed E-state index contributed by atoms with van der Waals surface area (Å²) < 4.78 is 15.5. The van der Waals surface area contributed by atoms with E-state index in [1.54, 1.807) is 18.3 Å². The van der Waals surface area contributed by atoms with Gasteiger partial charge in [-0.15, -0.1) is 0 Å². The van der Waals surface area contributed by atoms with Crippen LogP contribution in [-0.4, -0.2) is 65.7 Å². The maximum atomic E-state index is 13.6. The molecule has 1 aliphatic heterocycles. The molecule has 0 aromatic carbocycles. The summed E-state index contributed by atoms with van der Waals surface area (Å²) in [6.45, 7) is 1.17. The molecule has 2 aliphatic carbocycles. The summed E-state index contributed by atoms with van der Waals surface area (Å²) in [5.41, 5.74) is 3.71. The minimum absolute atomic E-state index is 0.0411. The van der Waals surface area contributed by atoms with Gasteiger partial charge in [0.25, 0.3) is 0 Å². The number of alkyl halides is 1. The SMILES string of the molecule is Cc1ccnc(C2CC2C(=O)Nc2cc(NCc3cn4cc(C5CC5)cc(N5CC(=O)N(C)C5=O)c4n3)nc(CF)n2)n1. The minimum atomic E-state index is -0.903. The molecule has 4 aromatic heterocycles. The van der Waals surface area contributed by atoms with Crippen LogP contribution < -0.4 is 15.5 Å². The van der Waals surface area contributed by atoms with E-state index in [1.807, 2.05) is 29.8 Å². The molecule has 0 spiro atoms. The number of carbonyl (C=O) groups excluding carboxylic acids is 3. The van der Waals surface area contributed by atoms with E-state index in [-0.39, 0.29) is 54.4 Å². The van der Waals surface area contributed by atoms with Gasteiger partial charge in [-0.3, -0.25) is 19.4 Å². The number of aryl methyl sites for hydroxylation is 1. The Morgan fingerprint density at radius 2 is 1.91 bits per heavy atom. The Morgan fingerprint density at radius 3 is 2.63 bits per heavy atom. The number of halogens is 1. The number of urea groups is 1. The van der Waals surface area contributed by atoms with Gasteiger partial charge in [-0.25, -0.2) is 34.1 Å². The zero-order valence-electron chi connectivity index (χ0n) is 23.6. The number of pyridine rings is 1. The first-order chi connectivity index (χ1) is 20.8. The average Bonchev–Trinajstić information content (AvgIpc) is 3.93. The molecule has 14 heteroatoms. The molecule has 2 saturated carbocycles. The van der Waals surface area contributed by atoms with Crippen molar-refractivity contribution in [3.05, 3.63) is 65.4 Å². The van der Waals surface area contributed by atoms with Crippen LogP contribution in [-0.2, 0) is 22.8 Å². The largest absolute Gasteiger partial charge is 0.364 e. The number of carbonyl (C=O) groups is 3. The zero-order valence-corrected chi connectivity index (χ0v) is 23.6. The van der Waals surface area contributed by atoms with Crippen LogP contribution in [0.2, 0.25) is 0 Å². The van der Waals surface area contributed by atoms with E-state index in [1.165, 1.54) is 11.9 Å². The van der Waals surface area contributed by atoms with Crippen LogP contribution in [0, 0.1) is 12.8 Å². The van der Waals surface area contributed by atoms with Gasteiger partial charge in [0.05, 0.1) is 17.9 Å². The third-order valence-electron chi connectivity index (χ3n) is 7.99. The van der Waals surface area contributed by atoms with E-state index >= 15 is 0 Å². The Hall–Kier alpha value is -5.01. The minimum Gasteiger partial charge on any atom is -0.364 e. The highest BCUT2D eigenvalue weighted by atomic mass is 19.1. The molecular formula is C29H29FN10O3. The van der Waals surface area contributed by atoms with Crippen molar-refractivity contribution in [3.8, 4) is 0 Å². The number of imide groups is 1. The van der Waals surface area contributed by atoms with Crippen LogP contribution >= 0.6 is 0 Å². The van der Waals surface area contributed by atoms with Crippen LogP contribution in [0.25, 0.3) is 5.65 Å². The van der Waals surface area contributed by atoms with E-state index in [9.17, 15) is 18.8 Å². The van der Waals surface area contributed by atoms with Gasteiger partial charge in [0, 0.05) is 49.2 Å². The monoisotopic (exact) mass is 584 g/mol. The lowest BCUT2D eigenvalue weighted by molar-refractivity contribution is -0.124. The smallest absolute Gasteiger partial charge is 0.331 e. The molecule has 4 amide bonds. The Balaban J connectivity index is 1.09. The fraction of sp³-hybridized carbons (Fsp3) is 0.379. The Labute approximate surface area is 245 Å². The first-order valence-electron chi connectivity index (χ1n) is 14.1. The second-order valence-electron chi connectivity index (χ2n) is 11.3. The summed E-state index contributed by atoms with van der Waals surface area (Å²) in [6.07, 6.45) is 8.32. The molecule has 5 heterocycles. The number of aromatic nitrogens is 6. The van der Waals surface area contributed by atoms with Gasteiger partial charge >= 0.3 is 6.03 Å². The standard InChI is InChI=1S/C29H29FN10O3/c1-15-5-6-31-26(33-15)19-8-20(19)28(42)37-23-9-22(35-24(10-30)36-23)32-11-18-13-39-12-17(16-3-4-16)7-21(27(39)34-18)40-14-25(41)38(2)29(40)43/h5-7,9,12-13,16,19-20H,3-4,8,10-11,14H2,1-2H3,(H2,32,35,36,37,42). The summed E-state index contributed by atoms with van der Waals surface area (Å²) in [6, 6.07) is 4.92. The molecule has 2 atom stereocenters. The molecule has 0 radical (unpaired) electrons. The van der Waals surface area contributed by atoms with Crippen LogP contribution in [0.5, 0.6) is 0 Å². The van der Waals surface area contributed by atoms with Gasteiger partial charge < -0.3 is 15.0 Å². The topological polar surface area (TPSA) is 151 Å². The Kier molecular flexibility index (Phi) is 6.47. The normalized spacial score (nSPS) is 19.8. The van der Waals surface area contributed by atoms with E-state index < -0.39 is 6.67 Å². The predicted molar refractivity (Wildman–Crippen MR) is 153 cm³/mol. The average molecular weight is 585 g/mol. The molecule has 7 rings (SSSR count). The molecule has 220 valence electrons. The number of rotatable bonds is 9. The van der Waals surface area contributed by atoms with Crippen molar-refractivity contribution in [2.45, 2.75) is 51.2 Å². The number of nitrogens with one attached hydrogen (secondary N) is 2. The third kappa shape index (κ3) is 5.24. The van der Waals surface area contributed by atoms with Crippen LogP contribution in [0.15, 0.2) is 36.8 Å². The molecular weight excluding hydrogens is 555 g/mol. The van der Waals surface area contributed by atoms with Crippen molar-refractivity contribution < 1.29 is 18.8 Å². The maximum absolute atomic E-state index is 13.6. The van der Waals surface area contributed by atoms with Gasteiger partial charge in [-0.1, -0.05) is 0 Å². The van der Waals surface area contributed by atoms with Crippen molar-refractivity contribution in [2.24, 2.45) is 5.92 Å². The third-order valence-corrected chi connectivity index (χ3v) is 7.99. The molecule has 3 aliphatic rings. The number of hydrogen-bond donors (Lipinski definition) is 2. The Morgan fingerprint density at radius 1 is 1.09 bits per heavy atom. The molecule has 0 bridgehead atoms. The number of fused-ring (bicyclic) bond motifs is 1. The van der Waals surface area contributed by atoms with Crippen LogP contribution in [0.4, 0.5) is 26.5 Å². The van der Waals surface area contributed by atoms with E-state index in [0.717, 1.165) is 29.0 Å². The second kappa shape index (κ2) is 10.4.